The van der Waals surface area contributed by atoms with E-state index in [4.69, 9.17) is 11.6 Å². The van der Waals surface area contributed by atoms with Crippen molar-refractivity contribution >= 4 is 44.8 Å². The van der Waals surface area contributed by atoms with Gasteiger partial charge in [0.15, 0.2) is 0 Å². The lowest BCUT2D eigenvalue weighted by Crippen LogP contribution is -2.69. The largest absolute Gasteiger partial charge is 0.327 e. The van der Waals surface area contributed by atoms with Crippen LogP contribution in [-0.2, 0) is 25.0 Å². The number of carbonyl (C=O) groups excluding carboxylic acids is 2. The minimum atomic E-state index is -4.04. The Morgan fingerprint density at radius 1 is 1.18 bits per heavy atom. The summed E-state index contributed by atoms with van der Waals surface area (Å²) in [6, 6.07) is 12.1. The molecule has 1 unspecified atom stereocenters. The van der Waals surface area contributed by atoms with Crippen LogP contribution >= 0.6 is 22.9 Å². The van der Waals surface area contributed by atoms with Gasteiger partial charge >= 0.3 is 0 Å². The lowest BCUT2D eigenvalue weighted by Gasteiger charge is -2.51. The fraction of sp³-hybridized carbons (Fsp3) is 0.368. The Morgan fingerprint density at radius 3 is 2.32 bits per heavy atom. The maximum Gasteiger partial charge on any atom is 0.273 e. The second kappa shape index (κ2) is 7.17. The van der Waals surface area contributed by atoms with Crippen molar-refractivity contribution in [1.29, 1.82) is 0 Å². The van der Waals surface area contributed by atoms with Crippen LogP contribution in [0.3, 0.4) is 0 Å². The topological polar surface area (TPSA) is 83.6 Å². The smallest absolute Gasteiger partial charge is 0.273 e. The summed E-state index contributed by atoms with van der Waals surface area (Å²) < 4.78 is 27.3. The predicted octanol–water partition coefficient (Wildman–Crippen LogP) is 3.18. The number of hydrogen-bond acceptors (Lipinski definition) is 5. The third-order valence-corrected chi connectivity index (χ3v) is 8.28. The Bertz CT molecular complexity index is 1020. The quantitative estimate of drug-likeness (QED) is 0.773. The Hall–Kier alpha value is -1.90. The van der Waals surface area contributed by atoms with E-state index in [1.807, 2.05) is 30.3 Å². The number of hydrogen-bond donors (Lipinski definition) is 1. The second-order valence-corrected chi connectivity index (χ2v) is 11.1. The molecule has 1 aromatic heterocycles. The lowest BCUT2D eigenvalue weighted by atomic mass is 9.78. The average Bonchev–Trinajstić information content (AvgIpc) is 3.07. The van der Waals surface area contributed by atoms with E-state index in [0.717, 1.165) is 16.9 Å². The molecule has 2 aromatic rings. The minimum absolute atomic E-state index is 0.0451. The molecule has 1 aromatic carbocycles. The Kier molecular flexibility index (Phi) is 5.33. The molecule has 0 aliphatic carbocycles. The van der Waals surface area contributed by atoms with E-state index in [2.05, 4.69) is 4.72 Å². The molecule has 1 saturated heterocycles. The van der Waals surface area contributed by atoms with Gasteiger partial charge in [0, 0.05) is 6.54 Å². The van der Waals surface area contributed by atoms with Gasteiger partial charge in [-0.15, -0.1) is 11.3 Å². The number of benzene rings is 1. The molecule has 1 fully saturated rings. The maximum atomic E-state index is 13.2. The number of nitrogens with zero attached hydrogens (tertiary/aromatic N) is 1. The van der Waals surface area contributed by atoms with Crippen LogP contribution in [-0.4, -0.2) is 37.2 Å². The third kappa shape index (κ3) is 3.56. The van der Waals surface area contributed by atoms with Gasteiger partial charge in [-0.05, 0) is 44.9 Å². The van der Waals surface area contributed by atoms with Crippen LogP contribution in [0.25, 0.3) is 0 Å². The molecule has 28 heavy (non-hydrogen) atoms. The minimum Gasteiger partial charge on any atom is -0.327 e. The molecule has 1 N–H and O–H groups in total. The van der Waals surface area contributed by atoms with E-state index in [0.29, 0.717) is 17.3 Å². The summed E-state index contributed by atoms with van der Waals surface area (Å²) in [6.07, 6.45) is 0.385. The van der Waals surface area contributed by atoms with Crippen molar-refractivity contribution in [3.05, 3.63) is 52.4 Å². The lowest BCUT2D eigenvalue weighted by molar-refractivity contribution is -0.160. The van der Waals surface area contributed by atoms with Gasteiger partial charge in [-0.1, -0.05) is 41.9 Å². The van der Waals surface area contributed by atoms with Crippen molar-refractivity contribution in [2.75, 3.05) is 6.54 Å². The highest BCUT2D eigenvalue weighted by molar-refractivity contribution is 7.92. The van der Waals surface area contributed by atoms with E-state index in [9.17, 15) is 18.0 Å². The number of likely N-dealkylation sites (tertiary alicyclic amines) is 1. The molecule has 0 radical (unpaired) electrons. The molecule has 2 heterocycles. The summed E-state index contributed by atoms with van der Waals surface area (Å²) >= 11 is 6.66. The fourth-order valence-electron chi connectivity index (χ4n) is 3.16. The highest BCUT2D eigenvalue weighted by Crippen LogP contribution is 2.37. The van der Waals surface area contributed by atoms with Gasteiger partial charge in [0.1, 0.15) is 9.75 Å². The molecule has 9 heteroatoms. The van der Waals surface area contributed by atoms with Gasteiger partial charge in [-0.25, -0.2) is 13.1 Å². The Morgan fingerprint density at radius 2 is 1.82 bits per heavy atom. The number of thiophene rings is 1. The van der Waals surface area contributed by atoms with Gasteiger partial charge in [-0.3, -0.25) is 9.59 Å². The average molecular weight is 441 g/mol. The fourth-order valence-corrected chi connectivity index (χ4v) is 5.72. The molecule has 0 bridgehead atoms. The van der Waals surface area contributed by atoms with E-state index in [1.54, 1.807) is 20.8 Å². The molecule has 6 nitrogen and oxygen atoms in total. The molecule has 2 amide bonds. The molecular weight excluding hydrogens is 420 g/mol. The second-order valence-electron chi connectivity index (χ2n) is 7.46. The first-order valence-electron chi connectivity index (χ1n) is 8.69. The normalized spacial score (nSPS) is 19.8. The van der Waals surface area contributed by atoms with Gasteiger partial charge in [0.25, 0.3) is 15.9 Å². The summed E-state index contributed by atoms with van der Waals surface area (Å²) in [4.78, 5) is 27.4. The first-order valence-corrected chi connectivity index (χ1v) is 11.4. The summed E-state index contributed by atoms with van der Waals surface area (Å²) in [6.45, 7) is 5.57. The van der Waals surface area contributed by atoms with Crippen molar-refractivity contribution in [3.63, 3.8) is 0 Å². The van der Waals surface area contributed by atoms with Gasteiger partial charge in [0.05, 0.1) is 9.75 Å². The first kappa shape index (κ1) is 20.8. The molecule has 150 valence electrons. The SMILES string of the molecule is CC(C)(C(=O)N1CCC1(C)C(=O)NS(=O)(=O)c1ccc(Cl)s1)c1ccccc1. The molecule has 0 spiro atoms. The predicted molar refractivity (Wildman–Crippen MR) is 109 cm³/mol. The van der Waals surface area contributed by atoms with E-state index in [1.165, 1.54) is 17.0 Å². The van der Waals surface area contributed by atoms with Gasteiger partial charge < -0.3 is 4.90 Å². The Balaban J connectivity index is 1.80. The van der Waals surface area contributed by atoms with Gasteiger partial charge in [0.2, 0.25) is 5.91 Å². The monoisotopic (exact) mass is 440 g/mol. The maximum absolute atomic E-state index is 13.2. The van der Waals surface area contributed by atoms with Crippen LogP contribution in [0.1, 0.15) is 32.8 Å². The summed E-state index contributed by atoms with van der Waals surface area (Å²) in [5.74, 6) is -0.945. The molecule has 1 aliphatic heterocycles. The number of rotatable bonds is 5. The van der Waals surface area contributed by atoms with Gasteiger partial charge in [-0.2, -0.15) is 0 Å². The molecular formula is C19H21ClN2O4S2. The van der Waals surface area contributed by atoms with Crippen molar-refractivity contribution in [2.24, 2.45) is 0 Å². The van der Waals surface area contributed by atoms with Crippen molar-refractivity contribution < 1.29 is 18.0 Å². The Labute approximate surface area is 173 Å². The van der Waals surface area contributed by atoms with E-state index < -0.39 is 26.9 Å². The molecule has 1 aliphatic rings. The highest BCUT2D eigenvalue weighted by atomic mass is 35.5. The zero-order chi connectivity index (χ0) is 20.7. The molecule has 1 atom stereocenters. The van der Waals surface area contributed by atoms with Crippen LogP contribution in [0.4, 0.5) is 0 Å². The van der Waals surface area contributed by atoms with Crippen molar-refractivity contribution in [3.8, 4) is 0 Å². The van der Waals surface area contributed by atoms with Crippen LogP contribution in [0.2, 0.25) is 4.34 Å². The molecule has 0 saturated carbocycles. The summed E-state index contributed by atoms with van der Waals surface area (Å²) in [5, 5.41) is 0. The zero-order valence-corrected chi connectivity index (χ0v) is 18.1. The number of halogens is 1. The molecule has 3 rings (SSSR count). The first-order chi connectivity index (χ1) is 13.0. The van der Waals surface area contributed by atoms with E-state index in [-0.39, 0.29) is 10.1 Å². The number of nitrogens with one attached hydrogen (secondary N) is 1. The number of amides is 2. The van der Waals surface area contributed by atoms with E-state index >= 15 is 0 Å². The summed E-state index contributed by atoms with van der Waals surface area (Å²) in [7, 11) is -4.04. The van der Waals surface area contributed by atoms with Crippen molar-refractivity contribution in [2.45, 2.75) is 42.4 Å². The van der Waals surface area contributed by atoms with Crippen LogP contribution < -0.4 is 4.72 Å². The highest BCUT2D eigenvalue weighted by Gasteiger charge is 2.53. The standard InChI is InChI=1S/C19H21ClN2O4S2/c1-18(2,13-7-5-4-6-8-13)17(24)22-12-11-19(22,3)16(23)21-28(25,26)15-10-9-14(20)27-15/h4-10H,11-12H2,1-3H3,(H,21,23). The van der Waals surface area contributed by atoms with Crippen LogP contribution in [0.5, 0.6) is 0 Å². The van der Waals surface area contributed by atoms with Crippen LogP contribution in [0.15, 0.2) is 46.7 Å². The van der Waals surface area contributed by atoms with Crippen molar-refractivity contribution in [1.82, 2.24) is 9.62 Å². The number of carbonyl (C=O) groups is 2. The number of sulfonamides is 1. The zero-order valence-electron chi connectivity index (χ0n) is 15.7. The third-order valence-electron chi connectivity index (χ3n) is 5.22. The summed E-state index contributed by atoms with van der Waals surface area (Å²) in [5.41, 5.74) is -1.24. The van der Waals surface area contributed by atoms with Crippen LogP contribution in [0, 0.1) is 0 Å².